The summed E-state index contributed by atoms with van der Waals surface area (Å²) in [5, 5.41) is -1.10. The van der Waals surface area contributed by atoms with Gasteiger partial charge in [0.25, 0.3) is 0 Å². The maximum absolute atomic E-state index is 14.2. The molecule has 68 heavy (non-hydrogen) atoms. The van der Waals surface area contributed by atoms with Crippen molar-refractivity contribution < 1.29 is 45.3 Å². The van der Waals surface area contributed by atoms with E-state index in [4.69, 9.17) is 28.4 Å². The van der Waals surface area contributed by atoms with Gasteiger partial charge in [-0.2, -0.15) is 8.61 Å². The van der Waals surface area contributed by atoms with E-state index in [1.807, 2.05) is 111 Å². The van der Waals surface area contributed by atoms with Crippen molar-refractivity contribution in [1.29, 1.82) is 0 Å². The van der Waals surface area contributed by atoms with Crippen LogP contribution in [0.15, 0.2) is 122 Å². The van der Waals surface area contributed by atoms with E-state index in [0.29, 0.717) is 38.9 Å². The molecule has 0 unspecified atom stereocenters. The summed E-state index contributed by atoms with van der Waals surface area (Å²) in [5.74, 6) is 2.82. The van der Waals surface area contributed by atoms with E-state index in [-0.39, 0.29) is 50.2 Å². The molecule has 0 aromatic heterocycles. The van der Waals surface area contributed by atoms with E-state index in [1.54, 1.807) is 49.2 Å². The van der Waals surface area contributed by atoms with Gasteiger partial charge in [0.1, 0.15) is 23.0 Å². The van der Waals surface area contributed by atoms with Gasteiger partial charge in [-0.25, -0.2) is 16.8 Å². The molecule has 0 bridgehead atoms. The normalized spacial score (nSPS) is 17.9. The van der Waals surface area contributed by atoms with Crippen molar-refractivity contribution in [3.05, 3.63) is 145 Å². The summed E-state index contributed by atoms with van der Waals surface area (Å²) >= 11 is 0. The highest BCUT2D eigenvalue weighted by atomic mass is 32.2. The maximum atomic E-state index is 14.2. The maximum Gasteiger partial charge on any atom is 0.217 e. The van der Waals surface area contributed by atoms with Crippen molar-refractivity contribution in [3.8, 4) is 23.0 Å². The van der Waals surface area contributed by atoms with Gasteiger partial charge in [-0.05, 0) is 134 Å². The molecule has 0 spiro atoms. The van der Waals surface area contributed by atoms with Crippen molar-refractivity contribution in [1.82, 2.24) is 8.61 Å². The van der Waals surface area contributed by atoms with Crippen molar-refractivity contribution >= 4 is 20.0 Å². The topological polar surface area (TPSA) is 130 Å². The fourth-order valence-corrected chi connectivity index (χ4v) is 13.3. The molecule has 0 N–H and O–H groups in total. The van der Waals surface area contributed by atoms with Gasteiger partial charge in [0.05, 0.1) is 51.1 Å². The van der Waals surface area contributed by atoms with Crippen LogP contribution >= 0.6 is 0 Å². The highest BCUT2D eigenvalue weighted by Gasteiger charge is 2.40. The van der Waals surface area contributed by atoms with Crippen molar-refractivity contribution in [3.63, 3.8) is 0 Å². The lowest BCUT2D eigenvalue weighted by Gasteiger charge is -2.32. The summed E-state index contributed by atoms with van der Waals surface area (Å²) in [6.07, 6.45) is 9.62. The summed E-state index contributed by atoms with van der Waals surface area (Å²) in [6.45, 7) is 14.2. The Bertz CT molecular complexity index is 2060. The van der Waals surface area contributed by atoms with Gasteiger partial charge in [0.2, 0.25) is 20.0 Å². The second-order valence-electron chi connectivity index (χ2n) is 17.8. The number of ether oxygens (including phenoxy) is 6. The Kier molecular flexibility index (Phi) is 21.5. The number of nitrogens with zero attached hydrogens (tertiary/aromatic N) is 2. The molecule has 372 valence electrons. The molecule has 2 aliphatic rings. The zero-order chi connectivity index (χ0) is 49.1. The van der Waals surface area contributed by atoms with Crippen LogP contribution in [0.25, 0.3) is 0 Å². The molecule has 4 aromatic rings. The highest BCUT2D eigenvalue weighted by molar-refractivity contribution is 7.90. The van der Waals surface area contributed by atoms with Crippen LogP contribution in [0.5, 0.6) is 23.0 Å². The molecule has 4 aromatic carbocycles. The van der Waals surface area contributed by atoms with Gasteiger partial charge in [-0.3, -0.25) is 0 Å². The molecule has 12 nitrogen and oxygen atoms in total. The molecule has 2 saturated heterocycles. The van der Waals surface area contributed by atoms with Gasteiger partial charge in [0.15, 0.2) is 0 Å². The van der Waals surface area contributed by atoms with E-state index < -0.39 is 30.5 Å². The van der Waals surface area contributed by atoms with Crippen LogP contribution in [0.2, 0.25) is 0 Å². The zero-order valence-corrected chi connectivity index (χ0v) is 42.6. The quantitative estimate of drug-likeness (QED) is 0.0561. The van der Waals surface area contributed by atoms with Gasteiger partial charge >= 0.3 is 0 Å². The van der Waals surface area contributed by atoms with E-state index in [0.717, 1.165) is 70.9 Å². The van der Waals surface area contributed by atoms with E-state index in [9.17, 15) is 16.8 Å². The SMILES string of the molecule is C=CC[C@H](C)[C@@H](C[C@@H]1CCCO1)S(=O)(=O)N(Cc1ccc(OC)cc1)Cc1ccc(OC)cc1.C=CC[C@H](C)[C@H](C[C@@H]1CCCO1)S(=O)(=O)N(Cc1ccc(OC)cc1)Cc1ccc(OC)cc1. The van der Waals surface area contributed by atoms with Crippen LogP contribution in [0.4, 0.5) is 0 Å². The molecule has 0 aliphatic carbocycles. The summed E-state index contributed by atoms with van der Waals surface area (Å²) in [6, 6.07) is 30.2. The van der Waals surface area contributed by atoms with Gasteiger partial charge in [0, 0.05) is 39.4 Å². The molecule has 0 saturated carbocycles. The fraction of sp³-hybridized carbons (Fsp3) is 0.481. The Labute approximate surface area is 407 Å². The van der Waals surface area contributed by atoms with Crippen molar-refractivity contribution in [2.24, 2.45) is 11.8 Å². The average molecular weight is 975 g/mol. The van der Waals surface area contributed by atoms with Gasteiger partial charge in [-0.1, -0.05) is 74.5 Å². The average Bonchev–Trinajstić information content (AvgIpc) is 4.08. The predicted octanol–water partition coefficient (Wildman–Crippen LogP) is 10.4. The summed E-state index contributed by atoms with van der Waals surface area (Å²) in [7, 11) is -0.845. The van der Waals surface area contributed by atoms with Crippen LogP contribution in [0, 0.1) is 11.8 Å². The smallest absolute Gasteiger partial charge is 0.217 e. The molecule has 2 aliphatic heterocycles. The lowest BCUT2D eigenvalue weighted by molar-refractivity contribution is 0.0988. The largest absolute Gasteiger partial charge is 0.497 e. The molecule has 2 fully saturated rings. The molecule has 2 heterocycles. The lowest BCUT2D eigenvalue weighted by atomic mass is 9.98. The Morgan fingerprint density at radius 1 is 0.515 bits per heavy atom. The second kappa shape index (κ2) is 26.9. The molecule has 0 amide bonds. The van der Waals surface area contributed by atoms with Crippen LogP contribution in [-0.4, -0.2) is 89.8 Å². The first-order chi connectivity index (χ1) is 32.7. The van der Waals surface area contributed by atoms with Crippen LogP contribution in [0.1, 0.15) is 87.5 Å². The number of rotatable bonds is 26. The summed E-state index contributed by atoms with van der Waals surface area (Å²) in [5.41, 5.74) is 3.63. The third-order valence-corrected chi connectivity index (χ3v) is 17.7. The van der Waals surface area contributed by atoms with Crippen molar-refractivity contribution in [2.75, 3.05) is 41.7 Å². The molecule has 6 rings (SSSR count). The fourth-order valence-electron chi connectivity index (χ4n) is 8.90. The Morgan fingerprint density at radius 2 is 0.779 bits per heavy atom. The molecule has 14 heteroatoms. The van der Waals surface area contributed by atoms with Crippen LogP contribution < -0.4 is 18.9 Å². The number of hydrogen-bond acceptors (Lipinski definition) is 10. The van der Waals surface area contributed by atoms with E-state index in [2.05, 4.69) is 13.2 Å². The Hall–Kier alpha value is -4.70. The first-order valence-corrected chi connectivity index (χ1v) is 26.7. The molecule has 6 atom stereocenters. The molecular formula is C54H74N2O10S2. The Morgan fingerprint density at radius 3 is 0.985 bits per heavy atom. The van der Waals surface area contributed by atoms with Gasteiger partial charge < -0.3 is 28.4 Å². The lowest BCUT2D eigenvalue weighted by Crippen LogP contribution is -2.42. The number of hydrogen-bond donors (Lipinski definition) is 0. The summed E-state index contributed by atoms with van der Waals surface area (Å²) < 4.78 is 92.6. The van der Waals surface area contributed by atoms with E-state index in [1.165, 1.54) is 0 Å². The number of sulfonamides is 2. The first-order valence-electron chi connectivity index (χ1n) is 23.7. The molecule has 0 radical (unpaired) electrons. The minimum absolute atomic E-state index is 0.0177. The third kappa shape index (κ3) is 15.7. The third-order valence-electron chi connectivity index (χ3n) is 12.9. The summed E-state index contributed by atoms with van der Waals surface area (Å²) in [4.78, 5) is 0. The monoisotopic (exact) mass is 974 g/mol. The molecular weight excluding hydrogens is 901 g/mol. The van der Waals surface area contributed by atoms with Crippen LogP contribution in [-0.2, 0) is 55.7 Å². The minimum Gasteiger partial charge on any atom is -0.497 e. The number of allylic oxidation sites excluding steroid dienone is 2. The minimum atomic E-state index is -3.66. The predicted molar refractivity (Wildman–Crippen MR) is 271 cm³/mol. The standard InChI is InChI=1S/2C27H37NO5S/c2*1-5-7-21(2)27(18-26-8-6-17-33-26)34(29,30)28(19-22-9-13-24(31-3)14-10-22)20-23-11-15-25(32-4)16-12-23/h2*5,9-16,21,26-27H,1,6-8,17-20H2,2-4H3/t21-,26-,27+;21-,26-,27-/m00/s1. The number of methoxy groups -OCH3 is 4. The zero-order valence-electron chi connectivity index (χ0n) is 41.0. The second-order valence-corrected chi connectivity index (χ2v) is 22.1. The van der Waals surface area contributed by atoms with E-state index >= 15 is 0 Å². The van der Waals surface area contributed by atoms with Crippen LogP contribution in [0.3, 0.4) is 0 Å². The number of benzene rings is 4. The highest BCUT2D eigenvalue weighted by Crippen LogP contribution is 2.33. The Balaban J connectivity index is 0.000000254. The first kappa shape index (κ1) is 54.2. The van der Waals surface area contributed by atoms with Crippen molar-refractivity contribution in [2.45, 2.75) is 114 Å². The van der Waals surface area contributed by atoms with Gasteiger partial charge in [-0.15, -0.1) is 13.2 Å².